The van der Waals surface area contributed by atoms with Gasteiger partial charge in [-0.25, -0.2) is 4.98 Å². The first-order chi connectivity index (χ1) is 28.3. The second kappa shape index (κ2) is 13.8. The maximum atomic E-state index is 5.14. The maximum absolute atomic E-state index is 5.14. The molecule has 0 N–H and O–H groups in total. The van der Waals surface area contributed by atoms with E-state index in [1.165, 1.54) is 37.3 Å². The van der Waals surface area contributed by atoms with Crippen LogP contribution in [0.15, 0.2) is 212 Å². The molecule has 11 rings (SSSR count). The molecule has 268 valence electrons. The number of hydrogen-bond acceptors (Lipinski definition) is 3. The molecule has 0 radical (unpaired) electrons. The summed E-state index contributed by atoms with van der Waals surface area (Å²) in [5.41, 5.74) is 13.5. The van der Waals surface area contributed by atoms with Crippen LogP contribution in [-0.4, -0.2) is 9.55 Å². The second-order valence-electron chi connectivity index (χ2n) is 14.3. The molecule has 0 unspecified atom stereocenters. The summed E-state index contributed by atoms with van der Waals surface area (Å²) in [7, 11) is 0. The predicted octanol–water partition coefficient (Wildman–Crippen LogP) is 15.0. The van der Waals surface area contributed by atoms with Crippen LogP contribution in [-0.2, 0) is 0 Å². The highest BCUT2D eigenvalue weighted by molar-refractivity contribution is 7.22. The molecule has 0 atom stereocenters. The van der Waals surface area contributed by atoms with Crippen molar-refractivity contribution >= 4 is 71.2 Å². The summed E-state index contributed by atoms with van der Waals surface area (Å²) >= 11 is 1.76. The number of benzene rings is 9. The Morgan fingerprint density at radius 3 is 1.84 bits per heavy atom. The molecule has 0 spiro atoms. The first kappa shape index (κ1) is 33.1. The van der Waals surface area contributed by atoms with Crippen LogP contribution in [0.1, 0.15) is 0 Å². The molecule has 9 aromatic carbocycles. The smallest absolute Gasteiger partial charge is 0.124 e. The van der Waals surface area contributed by atoms with Gasteiger partial charge < -0.3 is 9.47 Å². The van der Waals surface area contributed by atoms with Crippen molar-refractivity contribution in [3.63, 3.8) is 0 Å². The van der Waals surface area contributed by atoms with Gasteiger partial charge >= 0.3 is 0 Å². The molecule has 0 fully saturated rings. The third-order valence-corrected chi connectivity index (χ3v) is 12.1. The van der Waals surface area contributed by atoms with Crippen molar-refractivity contribution in [2.45, 2.75) is 0 Å². The normalized spacial score (nSPS) is 11.5. The van der Waals surface area contributed by atoms with E-state index >= 15 is 0 Å². The van der Waals surface area contributed by atoms with Crippen LogP contribution in [0, 0.1) is 0 Å². The van der Waals surface area contributed by atoms with Gasteiger partial charge in [-0.3, -0.25) is 0 Å². The van der Waals surface area contributed by atoms with E-state index in [0.29, 0.717) is 0 Å². The van der Waals surface area contributed by atoms with Gasteiger partial charge in [0, 0.05) is 44.2 Å². The molecule has 0 aliphatic carbocycles. The number of thiazole rings is 1. The Morgan fingerprint density at radius 2 is 1.04 bits per heavy atom. The minimum atomic E-state index is 1.00. The molecule has 2 heterocycles. The quantitative estimate of drug-likeness (QED) is 0.162. The molecule has 4 heteroatoms. The van der Waals surface area contributed by atoms with Crippen molar-refractivity contribution in [3.8, 4) is 38.5 Å². The van der Waals surface area contributed by atoms with Crippen molar-refractivity contribution < 1.29 is 0 Å². The van der Waals surface area contributed by atoms with Gasteiger partial charge in [-0.15, -0.1) is 11.3 Å². The molecule has 0 saturated carbocycles. The molecular weight excluding hydrogens is 711 g/mol. The summed E-state index contributed by atoms with van der Waals surface area (Å²) in [6.45, 7) is 0. The third kappa shape index (κ3) is 5.61. The van der Waals surface area contributed by atoms with E-state index in [1.807, 2.05) is 0 Å². The van der Waals surface area contributed by atoms with E-state index in [-0.39, 0.29) is 0 Å². The largest absolute Gasteiger partial charge is 0.309 e. The zero-order valence-corrected chi connectivity index (χ0v) is 31.8. The molecule has 0 bridgehead atoms. The van der Waals surface area contributed by atoms with Crippen LogP contribution in [0.2, 0.25) is 0 Å². The molecule has 2 aromatic heterocycles. The maximum Gasteiger partial charge on any atom is 0.124 e. The van der Waals surface area contributed by atoms with Crippen molar-refractivity contribution in [2.75, 3.05) is 4.90 Å². The lowest BCUT2D eigenvalue weighted by molar-refractivity contribution is 1.18. The summed E-state index contributed by atoms with van der Waals surface area (Å²) in [5, 5.41) is 5.91. The molecule has 0 amide bonds. The Morgan fingerprint density at radius 1 is 0.421 bits per heavy atom. The van der Waals surface area contributed by atoms with E-state index in [0.717, 1.165) is 61.0 Å². The Balaban J connectivity index is 1.23. The van der Waals surface area contributed by atoms with Crippen LogP contribution in [0.4, 0.5) is 17.1 Å². The fourth-order valence-corrected chi connectivity index (χ4v) is 9.57. The number of fused-ring (bicyclic) bond motifs is 6. The van der Waals surface area contributed by atoms with Crippen LogP contribution in [0.3, 0.4) is 0 Å². The Labute approximate surface area is 335 Å². The molecule has 0 aliphatic heterocycles. The molecule has 57 heavy (non-hydrogen) atoms. The summed E-state index contributed by atoms with van der Waals surface area (Å²) in [6.07, 6.45) is 0. The first-order valence-corrected chi connectivity index (χ1v) is 20.1. The van der Waals surface area contributed by atoms with Gasteiger partial charge in [0.15, 0.2) is 0 Å². The molecule has 3 nitrogen and oxygen atoms in total. The SMILES string of the molecule is c1ccc(-c2cccc(N(c3ccccc3-c3cccc4nc(-c5ccccc5)sc34)c3cc4c(c5ccccc35)c3ccccc3n4-c3ccccc3)c2)cc1. The average Bonchev–Trinajstić information content (AvgIpc) is 3.88. The Kier molecular flexibility index (Phi) is 8.01. The number of hydrogen-bond donors (Lipinski definition) is 0. The van der Waals surface area contributed by atoms with E-state index in [9.17, 15) is 0 Å². The van der Waals surface area contributed by atoms with Gasteiger partial charge in [0.2, 0.25) is 0 Å². The number of aromatic nitrogens is 2. The number of nitrogens with zero attached hydrogens (tertiary/aromatic N) is 3. The number of para-hydroxylation sites is 3. The van der Waals surface area contributed by atoms with E-state index < -0.39 is 0 Å². The van der Waals surface area contributed by atoms with Crippen molar-refractivity contribution in [1.29, 1.82) is 0 Å². The minimum absolute atomic E-state index is 1.00. The monoisotopic (exact) mass is 745 g/mol. The topological polar surface area (TPSA) is 21.1 Å². The van der Waals surface area contributed by atoms with E-state index in [2.05, 4.69) is 222 Å². The van der Waals surface area contributed by atoms with E-state index in [4.69, 9.17) is 4.98 Å². The summed E-state index contributed by atoms with van der Waals surface area (Å²) in [6, 6.07) is 76.4. The zero-order valence-electron chi connectivity index (χ0n) is 31.0. The van der Waals surface area contributed by atoms with Crippen molar-refractivity contribution in [2.24, 2.45) is 0 Å². The summed E-state index contributed by atoms with van der Waals surface area (Å²) in [5.74, 6) is 0. The van der Waals surface area contributed by atoms with Crippen molar-refractivity contribution in [1.82, 2.24) is 9.55 Å². The van der Waals surface area contributed by atoms with Crippen LogP contribution in [0.5, 0.6) is 0 Å². The predicted molar refractivity (Wildman–Crippen MR) is 242 cm³/mol. The highest BCUT2D eigenvalue weighted by Crippen LogP contribution is 2.49. The van der Waals surface area contributed by atoms with Gasteiger partial charge in [0.25, 0.3) is 0 Å². The fraction of sp³-hybridized carbons (Fsp3) is 0. The standard InChI is InChI=1S/C53H35N3S/c1-4-18-36(19-5-1)38-22-16-25-40(34-38)56(47-32-14-12-27-42(47)44-30-17-31-46-52(44)57-53(54-46)37-20-6-2-7-21-37)49-35-50-51(43-28-11-10-26-41(43)49)45-29-13-15-33-48(45)55(50)39-23-8-3-9-24-39/h1-35H. The van der Waals surface area contributed by atoms with Crippen molar-refractivity contribution in [3.05, 3.63) is 212 Å². The van der Waals surface area contributed by atoms with Crippen LogP contribution < -0.4 is 4.90 Å². The summed E-state index contributed by atoms with van der Waals surface area (Å²) in [4.78, 5) is 7.62. The lowest BCUT2D eigenvalue weighted by atomic mass is 9.97. The van der Waals surface area contributed by atoms with Gasteiger partial charge in [-0.1, -0.05) is 164 Å². The highest BCUT2D eigenvalue weighted by atomic mass is 32.1. The first-order valence-electron chi connectivity index (χ1n) is 19.3. The Hall–Kier alpha value is -7.27. The van der Waals surface area contributed by atoms with Gasteiger partial charge in [-0.05, 0) is 65.0 Å². The highest BCUT2D eigenvalue weighted by Gasteiger charge is 2.24. The van der Waals surface area contributed by atoms with Crippen LogP contribution >= 0.6 is 11.3 Å². The molecule has 0 saturated heterocycles. The van der Waals surface area contributed by atoms with Gasteiger partial charge in [0.05, 0.1) is 32.6 Å². The second-order valence-corrected chi connectivity index (χ2v) is 15.3. The van der Waals surface area contributed by atoms with Gasteiger partial charge in [0.1, 0.15) is 5.01 Å². The third-order valence-electron chi connectivity index (χ3n) is 11.0. The lowest BCUT2D eigenvalue weighted by Crippen LogP contribution is -2.12. The van der Waals surface area contributed by atoms with Gasteiger partial charge in [-0.2, -0.15) is 0 Å². The Bertz CT molecular complexity index is 3240. The number of rotatable bonds is 7. The number of anilines is 3. The van der Waals surface area contributed by atoms with Crippen LogP contribution in [0.25, 0.3) is 81.3 Å². The summed E-state index contributed by atoms with van der Waals surface area (Å²) < 4.78 is 3.60. The molecular formula is C53H35N3S. The minimum Gasteiger partial charge on any atom is -0.309 e. The molecule has 11 aromatic rings. The fourth-order valence-electron chi connectivity index (χ4n) is 8.48. The molecule has 0 aliphatic rings. The van der Waals surface area contributed by atoms with E-state index in [1.54, 1.807) is 11.3 Å². The zero-order chi connectivity index (χ0) is 37.7. The lowest BCUT2D eigenvalue weighted by Gasteiger charge is -2.30. The average molecular weight is 746 g/mol.